The lowest BCUT2D eigenvalue weighted by molar-refractivity contribution is -0.165. The van der Waals surface area contributed by atoms with Gasteiger partial charge in [-0.3, -0.25) is 19.3 Å². The largest absolute Gasteiger partial charge is 0.446 e. The number of ether oxygens (including phenoxy) is 2. The van der Waals surface area contributed by atoms with Crippen LogP contribution in [0.2, 0.25) is 0 Å². The lowest BCUT2D eigenvalue weighted by Crippen LogP contribution is -2.48. The molecule has 0 aliphatic carbocycles. The number of carbonyl (C=O) groups excluding carboxylic acids is 4. The molecule has 8 nitrogen and oxygen atoms in total. The van der Waals surface area contributed by atoms with Crippen molar-refractivity contribution in [2.75, 3.05) is 38.3 Å². The number of amides is 3. The zero-order chi connectivity index (χ0) is 24.1. The molecule has 2 heterocycles. The van der Waals surface area contributed by atoms with Crippen LogP contribution in [0.1, 0.15) is 38.8 Å². The Morgan fingerprint density at radius 3 is 2.15 bits per heavy atom. The highest BCUT2D eigenvalue weighted by atomic mass is 32.2. The van der Waals surface area contributed by atoms with Gasteiger partial charge in [0.05, 0.1) is 24.3 Å². The van der Waals surface area contributed by atoms with Crippen LogP contribution in [-0.2, 0) is 19.1 Å². The van der Waals surface area contributed by atoms with Crippen molar-refractivity contribution < 1.29 is 28.7 Å². The van der Waals surface area contributed by atoms with Crippen molar-refractivity contribution in [2.24, 2.45) is 0 Å². The molecule has 1 saturated heterocycles. The lowest BCUT2D eigenvalue weighted by Gasteiger charge is -2.32. The van der Waals surface area contributed by atoms with E-state index in [0.717, 1.165) is 4.90 Å². The number of esters is 1. The Morgan fingerprint density at radius 2 is 1.56 bits per heavy atom. The summed E-state index contributed by atoms with van der Waals surface area (Å²) in [6.45, 7) is 1.61. The molecule has 0 saturated carbocycles. The number of carbonyl (C=O) groups is 4. The highest BCUT2D eigenvalue weighted by Gasteiger charge is 2.44. The van der Waals surface area contributed by atoms with Crippen molar-refractivity contribution in [1.29, 1.82) is 0 Å². The summed E-state index contributed by atoms with van der Waals surface area (Å²) in [5, 5.41) is 0. The first-order chi connectivity index (χ1) is 16.5. The summed E-state index contributed by atoms with van der Waals surface area (Å²) in [6, 6.07) is 14.1. The molecule has 34 heavy (non-hydrogen) atoms. The first-order valence-electron chi connectivity index (χ1n) is 11.1. The van der Waals surface area contributed by atoms with E-state index in [4.69, 9.17) is 9.47 Å². The smallest absolute Gasteiger partial charge is 0.330 e. The average Bonchev–Trinajstić information content (AvgIpc) is 3.13. The van der Waals surface area contributed by atoms with E-state index in [2.05, 4.69) is 0 Å². The number of rotatable bonds is 8. The Bertz CT molecular complexity index is 1040. The third-order valence-corrected chi connectivity index (χ3v) is 6.53. The molecule has 9 heteroatoms. The van der Waals surface area contributed by atoms with Gasteiger partial charge in [-0.25, -0.2) is 4.79 Å². The van der Waals surface area contributed by atoms with Crippen molar-refractivity contribution in [3.63, 3.8) is 0 Å². The maximum atomic E-state index is 13.5. The lowest BCUT2D eigenvalue weighted by atomic mass is 10.1. The fourth-order valence-corrected chi connectivity index (χ4v) is 4.56. The maximum absolute atomic E-state index is 13.5. The topological polar surface area (TPSA) is 93.2 Å². The Labute approximate surface area is 202 Å². The molecule has 0 aromatic heterocycles. The van der Waals surface area contributed by atoms with Gasteiger partial charge in [0.25, 0.3) is 17.7 Å². The van der Waals surface area contributed by atoms with Crippen LogP contribution in [0.5, 0.6) is 0 Å². The van der Waals surface area contributed by atoms with Crippen molar-refractivity contribution in [3.8, 4) is 0 Å². The van der Waals surface area contributed by atoms with E-state index < -0.39 is 29.9 Å². The second kappa shape index (κ2) is 10.8. The normalized spacial score (nSPS) is 17.3. The van der Waals surface area contributed by atoms with Crippen LogP contribution in [0, 0.1) is 0 Å². The molecule has 2 aromatic rings. The van der Waals surface area contributed by atoms with Crippen LogP contribution >= 0.6 is 11.8 Å². The van der Waals surface area contributed by atoms with Gasteiger partial charge >= 0.3 is 5.97 Å². The van der Waals surface area contributed by atoms with Crippen molar-refractivity contribution in [2.45, 2.75) is 18.6 Å². The van der Waals surface area contributed by atoms with E-state index in [0.29, 0.717) is 37.6 Å². The van der Waals surface area contributed by atoms with Crippen LogP contribution in [0.3, 0.4) is 0 Å². The highest BCUT2D eigenvalue weighted by molar-refractivity contribution is 7.98. The van der Waals surface area contributed by atoms with Gasteiger partial charge in [-0.15, -0.1) is 0 Å². The quantitative estimate of drug-likeness (QED) is 0.422. The first-order valence-corrected chi connectivity index (χ1v) is 12.5. The number of thioether (sulfide) groups is 1. The zero-order valence-electron chi connectivity index (χ0n) is 18.8. The van der Waals surface area contributed by atoms with Crippen molar-refractivity contribution in [1.82, 2.24) is 9.80 Å². The zero-order valence-corrected chi connectivity index (χ0v) is 19.7. The second-order valence-corrected chi connectivity index (χ2v) is 8.97. The molecule has 2 atom stereocenters. The minimum atomic E-state index is -1.18. The van der Waals surface area contributed by atoms with Crippen LogP contribution in [-0.4, -0.2) is 77.8 Å². The Balaban J connectivity index is 1.61. The predicted octanol–water partition coefficient (Wildman–Crippen LogP) is 2.55. The Hall–Kier alpha value is -3.17. The minimum absolute atomic E-state index is 0.221. The van der Waals surface area contributed by atoms with Crippen molar-refractivity contribution in [3.05, 3.63) is 71.3 Å². The van der Waals surface area contributed by atoms with E-state index >= 15 is 0 Å². The molecule has 2 unspecified atom stereocenters. The van der Waals surface area contributed by atoms with Gasteiger partial charge in [0.15, 0.2) is 0 Å². The van der Waals surface area contributed by atoms with E-state index in [-0.39, 0.29) is 23.5 Å². The number of morpholine rings is 1. The molecular formula is C25H26N2O6S. The van der Waals surface area contributed by atoms with Crippen molar-refractivity contribution >= 4 is 35.5 Å². The first kappa shape index (κ1) is 24.0. The van der Waals surface area contributed by atoms with E-state index in [1.807, 2.05) is 12.3 Å². The summed E-state index contributed by atoms with van der Waals surface area (Å²) in [7, 11) is 0. The van der Waals surface area contributed by atoms with Crippen LogP contribution < -0.4 is 0 Å². The van der Waals surface area contributed by atoms with Gasteiger partial charge in [0.1, 0.15) is 6.04 Å². The summed E-state index contributed by atoms with van der Waals surface area (Å²) in [5.74, 6) is -1.66. The van der Waals surface area contributed by atoms with E-state index in [9.17, 15) is 19.2 Å². The molecule has 2 aliphatic heterocycles. The molecule has 0 spiro atoms. The molecule has 4 rings (SSSR count). The summed E-state index contributed by atoms with van der Waals surface area (Å²) >= 11 is 1.49. The molecule has 178 valence electrons. The molecule has 0 radical (unpaired) electrons. The summed E-state index contributed by atoms with van der Waals surface area (Å²) < 4.78 is 11.1. The van der Waals surface area contributed by atoms with Crippen LogP contribution in [0.4, 0.5) is 0 Å². The SMILES string of the molecule is CSCCC(C(=O)OC(C(=O)N1CCOCC1)c1ccccc1)N1C(=O)c2ccccc2C1=O. The second-order valence-electron chi connectivity index (χ2n) is 7.99. The number of benzene rings is 2. The number of hydrogen-bond donors (Lipinski definition) is 0. The van der Waals surface area contributed by atoms with Gasteiger partial charge in [0.2, 0.25) is 6.10 Å². The number of fused-ring (bicyclic) bond motifs is 1. The van der Waals surface area contributed by atoms with Gasteiger partial charge in [-0.1, -0.05) is 42.5 Å². The van der Waals surface area contributed by atoms with Crippen LogP contribution in [0.15, 0.2) is 54.6 Å². The average molecular weight is 483 g/mol. The van der Waals surface area contributed by atoms with Gasteiger partial charge in [0, 0.05) is 18.7 Å². The third kappa shape index (κ3) is 4.85. The Morgan fingerprint density at radius 1 is 0.971 bits per heavy atom. The molecular weight excluding hydrogens is 456 g/mol. The summed E-state index contributed by atoms with van der Waals surface area (Å²) in [5.41, 5.74) is 1.05. The maximum Gasteiger partial charge on any atom is 0.330 e. The van der Waals surface area contributed by atoms with Gasteiger partial charge in [-0.2, -0.15) is 11.8 Å². The third-order valence-electron chi connectivity index (χ3n) is 5.89. The van der Waals surface area contributed by atoms with E-state index in [1.54, 1.807) is 53.4 Å². The number of hydrogen-bond acceptors (Lipinski definition) is 7. The molecule has 2 aromatic carbocycles. The fourth-order valence-electron chi connectivity index (χ4n) is 4.11. The van der Waals surface area contributed by atoms with E-state index in [1.165, 1.54) is 11.8 Å². The Kier molecular flexibility index (Phi) is 7.64. The predicted molar refractivity (Wildman–Crippen MR) is 126 cm³/mol. The monoisotopic (exact) mass is 482 g/mol. The van der Waals surface area contributed by atoms with Gasteiger partial charge in [-0.05, 0) is 30.6 Å². The van der Waals surface area contributed by atoms with Gasteiger partial charge < -0.3 is 14.4 Å². The molecule has 0 bridgehead atoms. The molecule has 3 amide bonds. The molecule has 0 N–H and O–H groups in total. The fraction of sp³-hybridized carbons (Fsp3) is 0.360. The summed E-state index contributed by atoms with van der Waals surface area (Å²) in [4.78, 5) is 55.5. The highest BCUT2D eigenvalue weighted by Crippen LogP contribution is 2.29. The number of nitrogens with zero attached hydrogens (tertiary/aromatic N) is 2. The standard InChI is InChI=1S/C25H26N2O6S/c1-34-16-11-20(27-22(28)18-9-5-6-10-19(18)23(27)29)25(31)33-21(17-7-3-2-4-8-17)24(30)26-12-14-32-15-13-26/h2-10,20-21H,11-16H2,1H3. The van der Waals surface area contributed by atoms with Crippen LogP contribution in [0.25, 0.3) is 0 Å². The molecule has 1 fully saturated rings. The minimum Gasteiger partial charge on any atom is -0.446 e. The number of imide groups is 1. The molecule has 2 aliphatic rings. The summed E-state index contributed by atoms with van der Waals surface area (Å²) in [6.07, 6.45) is 0.914.